The van der Waals surface area contributed by atoms with Crippen molar-refractivity contribution in [1.29, 1.82) is 0 Å². The molecule has 5 heteroatoms. The first-order valence-electron chi connectivity index (χ1n) is 10.0. The molecule has 0 spiro atoms. The molecule has 0 saturated heterocycles. The summed E-state index contributed by atoms with van der Waals surface area (Å²) in [7, 11) is 0. The molecule has 2 heterocycles. The summed E-state index contributed by atoms with van der Waals surface area (Å²) in [4.78, 5) is 23.7. The van der Waals surface area contributed by atoms with E-state index in [-0.39, 0.29) is 5.91 Å². The second-order valence-electron chi connectivity index (χ2n) is 7.08. The number of pyridine rings is 1. The summed E-state index contributed by atoms with van der Waals surface area (Å²) in [5.41, 5.74) is 4.36. The molecule has 4 nitrogen and oxygen atoms in total. The molecule has 0 bridgehead atoms. The summed E-state index contributed by atoms with van der Waals surface area (Å²) in [6.45, 7) is 3.19. The van der Waals surface area contributed by atoms with E-state index in [1.807, 2.05) is 47.4 Å². The van der Waals surface area contributed by atoms with Crippen molar-refractivity contribution in [2.24, 2.45) is 0 Å². The monoisotopic (exact) mass is 413 g/mol. The third kappa shape index (κ3) is 4.99. The van der Waals surface area contributed by atoms with Gasteiger partial charge in [0.15, 0.2) is 0 Å². The highest BCUT2D eigenvalue weighted by Crippen LogP contribution is 2.22. The first kappa shape index (κ1) is 20.0. The number of para-hydroxylation sites is 1. The summed E-state index contributed by atoms with van der Waals surface area (Å²) in [5.74, 6) is -0.0438. The number of carbonyl (C=O) groups is 1. The fourth-order valence-corrected chi connectivity index (χ4v) is 4.10. The summed E-state index contributed by atoms with van der Waals surface area (Å²) >= 11 is 1.58. The number of fused-ring (bicyclic) bond motifs is 1. The van der Waals surface area contributed by atoms with Crippen LogP contribution in [0.25, 0.3) is 16.3 Å². The average Bonchev–Trinajstić information content (AvgIpc) is 3.21. The van der Waals surface area contributed by atoms with Gasteiger partial charge in [0.05, 0.1) is 10.2 Å². The highest BCUT2D eigenvalue weighted by atomic mass is 32.1. The molecule has 0 aliphatic heterocycles. The van der Waals surface area contributed by atoms with E-state index in [2.05, 4.69) is 41.2 Å². The minimum absolute atomic E-state index is 0.0438. The van der Waals surface area contributed by atoms with Gasteiger partial charge in [-0.2, -0.15) is 0 Å². The number of aromatic nitrogens is 2. The van der Waals surface area contributed by atoms with Gasteiger partial charge in [0.2, 0.25) is 5.91 Å². The van der Waals surface area contributed by atoms with Gasteiger partial charge in [-0.15, -0.1) is 11.3 Å². The maximum Gasteiger partial charge on any atom is 0.247 e. The van der Waals surface area contributed by atoms with Crippen molar-refractivity contribution in [3.63, 3.8) is 0 Å². The van der Waals surface area contributed by atoms with Crippen LogP contribution >= 0.6 is 11.3 Å². The van der Waals surface area contributed by atoms with Crippen LogP contribution < -0.4 is 0 Å². The molecule has 0 radical (unpaired) electrons. The van der Waals surface area contributed by atoms with E-state index < -0.39 is 0 Å². The van der Waals surface area contributed by atoms with Crippen LogP contribution in [0.1, 0.15) is 28.6 Å². The van der Waals surface area contributed by atoms with Crippen molar-refractivity contribution >= 4 is 33.5 Å². The molecular formula is C25H23N3OS. The predicted octanol–water partition coefficient (Wildman–Crippen LogP) is 5.50. The van der Waals surface area contributed by atoms with Crippen LogP contribution in [0.2, 0.25) is 0 Å². The third-order valence-electron chi connectivity index (χ3n) is 4.89. The summed E-state index contributed by atoms with van der Waals surface area (Å²) in [5, 5.41) is 0.832. The maximum absolute atomic E-state index is 13.1. The zero-order valence-electron chi connectivity index (χ0n) is 16.9. The van der Waals surface area contributed by atoms with E-state index in [9.17, 15) is 4.79 Å². The van der Waals surface area contributed by atoms with Gasteiger partial charge >= 0.3 is 0 Å². The first-order chi connectivity index (χ1) is 14.7. The van der Waals surface area contributed by atoms with Crippen molar-refractivity contribution < 1.29 is 4.79 Å². The fraction of sp³-hybridized carbons (Fsp3) is 0.160. The standard InChI is InChI=1S/C25H23N3OS/c1-2-19-9-11-20(12-10-19)17-28(18-21-6-5-15-26-16-21)25(29)14-13-24-27-22-7-3-4-8-23(22)30-24/h3-16H,2,17-18H2,1H3/b14-13+. The number of aryl methyl sites for hydroxylation is 1. The van der Waals surface area contributed by atoms with Crippen molar-refractivity contribution in [1.82, 2.24) is 14.9 Å². The normalized spacial score (nSPS) is 11.2. The van der Waals surface area contributed by atoms with Crippen molar-refractivity contribution in [3.05, 3.63) is 101 Å². The lowest BCUT2D eigenvalue weighted by molar-refractivity contribution is -0.127. The number of hydrogen-bond acceptors (Lipinski definition) is 4. The average molecular weight is 414 g/mol. The Kier molecular flexibility index (Phi) is 6.30. The first-order valence-corrected chi connectivity index (χ1v) is 10.8. The Hall–Kier alpha value is -3.31. The van der Waals surface area contributed by atoms with Gasteiger partial charge in [-0.3, -0.25) is 9.78 Å². The van der Waals surface area contributed by atoms with Crippen LogP contribution in [-0.4, -0.2) is 20.8 Å². The van der Waals surface area contributed by atoms with E-state index in [1.165, 1.54) is 5.56 Å². The van der Waals surface area contributed by atoms with E-state index in [0.717, 1.165) is 32.8 Å². The second-order valence-corrected chi connectivity index (χ2v) is 8.14. The Morgan fingerprint density at radius 3 is 2.47 bits per heavy atom. The van der Waals surface area contributed by atoms with Crippen LogP contribution in [0.4, 0.5) is 0 Å². The number of benzene rings is 2. The molecule has 2 aromatic heterocycles. The van der Waals surface area contributed by atoms with E-state index in [1.54, 1.807) is 29.8 Å². The van der Waals surface area contributed by atoms with Gasteiger partial charge in [-0.1, -0.05) is 49.4 Å². The van der Waals surface area contributed by atoms with Gasteiger partial charge in [-0.25, -0.2) is 4.98 Å². The van der Waals surface area contributed by atoms with Gasteiger partial charge in [0.25, 0.3) is 0 Å². The second kappa shape index (κ2) is 9.46. The Bertz CT molecular complexity index is 1120. The topological polar surface area (TPSA) is 46.1 Å². The van der Waals surface area contributed by atoms with Crippen LogP contribution in [0.15, 0.2) is 79.1 Å². The van der Waals surface area contributed by atoms with Gasteiger partial charge < -0.3 is 4.90 Å². The minimum Gasteiger partial charge on any atom is -0.330 e. The quantitative estimate of drug-likeness (QED) is 0.376. The van der Waals surface area contributed by atoms with Crippen LogP contribution in [0.3, 0.4) is 0 Å². The molecule has 2 aromatic carbocycles. The molecule has 30 heavy (non-hydrogen) atoms. The van der Waals surface area contributed by atoms with Crippen molar-refractivity contribution in [2.75, 3.05) is 0 Å². The number of amides is 1. The number of hydrogen-bond donors (Lipinski definition) is 0. The number of thiazole rings is 1. The lowest BCUT2D eigenvalue weighted by Crippen LogP contribution is -2.28. The van der Waals surface area contributed by atoms with Crippen molar-refractivity contribution in [2.45, 2.75) is 26.4 Å². The smallest absolute Gasteiger partial charge is 0.247 e. The van der Waals surface area contributed by atoms with Crippen LogP contribution in [0, 0.1) is 0 Å². The van der Waals surface area contributed by atoms with E-state index in [0.29, 0.717) is 13.1 Å². The number of nitrogens with zero attached hydrogens (tertiary/aromatic N) is 3. The summed E-state index contributed by atoms with van der Waals surface area (Å²) in [6.07, 6.45) is 7.98. The SMILES string of the molecule is CCc1ccc(CN(Cc2cccnc2)C(=O)/C=C/c2nc3ccccc3s2)cc1. The highest BCUT2D eigenvalue weighted by molar-refractivity contribution is 7.19. The fourth-order valence-electron chi connectivity index (χ4n) is 3.23. The van der Waals surface area contributed by atoms with Gasteiger partial charge in [-0.05, 0) is 47.4 Å². The molecule has 150 valence electrons. The zero-order valence-corrected chi connectivity index (χ0v) is 17.7. The molecule has 0 atom stereocenters. The molecule has 1 amide bonds. The van der Waals surface area contributed by atoms with Crippen molar-refractivity contribution in [3.8, 4) is 0 Å². The number of carbonyl (C=O) groups excluding carboxylic acids is 1. The lowest BCUT2D eigenvalue weighted by atomic mass is 10.1. The minimum atomic E-state index is -0.0438. The number of rotatable bonds is 7. The molecule has 0 aliphatic carbocycles. The lowest BCUT2D eigenvalue weighted by Gasteiger charge is -2.21. The molecule has 0 saturated carbocycles. The molecule has 4 rings (SSSR count). The highest BCUT2D eigenvalue weighted by Gasteiger charge is 2.13. The van der Waals surface area contributed by atoms with Gasteiger partial charge in [0.1, 0.15) is 5.01 Å². The van der Waals surface area contributed by atoms with E-state index in [4.69, 9.17) is 0 Å². The molecule has 0 aliphatic rings. The van der Waals surface area contributed by atoms with E-state index >= 15 is 0 Å². The molecule has 0 unspecified atom stereocenters. The Morgan fingerprint density at radius 2 is 1.73 bits per heavy atom. The molecule has 4 aromatic rings. The van der Waals surface area contributed by atoms with Gasteiger partial charge in [0, 0.05) is 31.6 Å². The van der Waals surface area contributed by atoms with Crippen LogP contribution in [0.5, 0.6) is 0 Å². The zero-order chi connectivity index (χ0) is 20.8. The molecule has 0 N–H and O–H groups in total. The summed E-state index contributed by atoms with van der Waals surface area (Å²) < 4.78 is 1.12. The predicted molar refractivity (Wildman–Crippen MR) is 123 cm³/mol. The summed E-state index contributed by atoms with van der Waals surface area (Å²) in [6, 6.07) is 20.3. The maximum atomic E-state index is 13.1. The Morgan fingerprint density at radius 1 is 0.967 bits per heavy atom. The Labute approximate surface area is 180 Å². The third-order valence-corrected chi connectivity index (χ3v) is 5.89. The molecular weight excluding hydrogens is 390 g/mol. The largest absolute Gasteiger partial charge is 0.330 e. The molecule has 0 fully saturated rings. The Balaban J connectivity index is 1.54. The van der Waals surface area contributed by atoms with Crippen LogP contribution in [-0.2, 0) is 24.3 Å².